The lowest BCUT2D eigenvalue weighted by Crippen LogP contribution is -2.52. The van der Waals surface area contributed by atoms with Gasteiger partial charge in [-0.2, -0.15) is 0 Å². The van der Waals surface area contributed by atoms with Crippen molar-refractivity contribution in [2.75, 3.05) is 27.4 Å². The van der Waals surface area contributed by atoms with E-state index in [1.165, 1.54) is 0 Å². The summed E-state index contributed by atoms with van der Waals surface area (Å²) in [6.45, 7) is 0.493. The van der Waals surface area contributed by atoms with Gasteiger partial charge in [-0.1, -0.05) is 60.7 Å². The Morgan fingerprint density at radius 2 is 1.05 bits per heavy atom. The van der Waals surface area contributed by atoms with Gasteiger partial charge in [-0.25, -0.2) is 0 Å². The second-order valence-electron chi connectivity index (χ2n) is 5.22. The van der Waals surface area contributed by atoms with Crippen molar-refractivity contribution in [3.63, 3.8) is 0 Å². The van der Waals surface area contributed by atoms with Crippen LogP contribution in [0, 0.1) is 0 Å². The first-order chi connectivity index (χ1) is 10.7. The fourth-order valence-electron chi connectivity index (χ4n) is 2.70. The van der Waals surface area contributed by atoms with Crippen LogP contribution in [0.25, 0.3) is 0 Å². The molecule has 0 aromatic heterocycles. The van der Waals surface area contributed by atoms with Crippen molar-refractivity contribution < 1.29 is 18.9 Å². The van der Waals surface area contributed by atoms with Crippen molar-refractivity contribution in [2.24, 2.45) is 0 Å². The van der Waals surface area contributed by atoms with E-state index in [4.69, 9.17) is 18.9 Å². The van der Waals surface area contributed by atoms with Crippen LogP contribution in [0.5, 0.6) is 0 Å². The third-order valence-electron chi connectivity index (χ3n) is 4.08. The molecule has 4 nitrogen and oxygen atoms in total. The minimum absolute atomic E-state index is 0.246. The Morgan fingerprint density at radius 1 is 0.682 bits per heavy atom. The van der Waals surface area contributed by atoms with Crippen molar-refractivity contribution in [1.82, 2.24) is 0 Å². The van der Waals surface area contributed by atoms with Crippen LogP contribution in [-0.2, 0) is 30.5 Å². The zero-order valence-corrected chi connectivity index (χ0v) is 12.8. The van der Waals surface area contributed by atoms with E-state index in [1.54, 1.807) is 14.2 Å². The molecule has 116 valence electrons. The van der Waals surface area contributed by atoms with Gasteiger partial charge in [-0.3, -0.25) is 0 Å². The standard InChI is InChI=1S/C18H20O4/c1-19-17(15-9-5-3-6-10-15)13-22-18(20-2,14-21-17)16-11-7-4-8-12-16/h3-12H,13-14H2,1-2H3/t17-,18-/m0/s1. The van der Waals surface area contributed by atoms with Crippen LogP contribution in [-0.4, -0.2) is 27.4 Å². The SMILES string of the molecule is CO[C@@]1(c2ccccc2)CO[C@](OC)(c2ccccc2)CO1. The number of hydrogen-bond donors (Lipinski definition) is 0. The van der Waals surface area contributed by atoms with Crippen molar-refractivity contribution >= 4 is 0 Å². The van der Waals surface area contributed by atoms with Crippen LogP contribution < -0.4 is 0 Å². The second-order valence-corrected chi connectivity index (χ2v) is 5.22. The maximum absolute atomic E-state index is 6.09. The molecule has 0 spiro atoms. The minimum Gasteiger partial charge on any atom is -0.347 e. The van der Waals surface area contributed by atoms with E-state index in [0.29, 0.717) is 0 Å². The predicted octanol–water partition coefficient (Wildman–Crippen LogP) is 3.03. The largest absolute Gasteiger partial charge is 0.347 e. The number of rotatable bonds is 4. The van der Waals surface area contributed by atoms with E-state index in [-0.39, 0.29) is 13.2 Å². The number of hydrogen-bond acceptors (Lipinski definition) is 4. The maximum atomic E-state index is 6.09. The lowest BCUT2D eigenvalue weighted by Gasteiger charge is -2.44. The quantitative estimate of drug-likeness (QED) is 0.869. The van der Waals surface area contributed by atoms with Gasteiger partial charge in [-0.15, -0.1) is 0 Å². The van der Waals surface area contributed by atoms with Gasteiger partial charge >= 0.3 is 0 Å². The fourth-order valence-corrected chi connectivity index (χ4v) is 2.70. The highest BCUT2D eigenvalue weighted by atomic mass is 16.8. The lowest BCUT2D eigenvalue weighted by atomic mass is 10.0. The zero-order chi connectivity index (χ0) is 15.5. The smallest absolute Gasteiger partial charge is 0.219 e. The highest BCUT2D eigenvalue weighted by Crippen LogP contribution is 2.39. The van der Waals surface area contributed by atoms with Crippen LogP contribution in [0.1, 0.15) is 11.1 Å². The first-order valence-corrected chi connectivity index (χ1v) is 7.24. The molecule has 0 aliphatic carbocycles. The Kier molecular flexibility index (Phi) is 4.27. The third kappa shape index (κ3) is 2.55. The van der Waals surface area contributed by atoms with Crippen molar-refractivity contribution in [2.45, 2.75) is 11.6 Å². The van der Waals surface area contributed by atoms with Crippen molar-refractivity contribution in [3.8, 4) is 0 Å². The predicted molar refractivity (Wildman–Crippen MR) is 82.2 cm³/mol. The normalized spacial score (nSPS) is 28.5. The molecule has 0 bridgehead atoms. The maximum Gasteiger partial charge on any atom is 0.219 e. The molecule has 0 radical (unpaired) electrons. The van der Waals surface area contributed by atoms with Crippen LogP contribution in [0.4, 0.5) is 0 Å². The van der Waals surface area contributed by atoms with Crippen LogP contribution >= 0.6 is 0 Å². The molecule has 1 aliphatic heterocycles. The summed E-state index contributed by atoms with van der Waals surface area (Å²) < 4.78 is 23.5. The molecule has 2 aromatic carbocycles. The first-order valence-electron chi connectivity index (χ1n) is 7.24. The van der Waals surface area contributed by atoms with Gasteiger partial charge < -0.3 is 18.9 Å². The number of benzene rings is 2. The second kappa shape index (κ2) is 6.18. The zero-order valence-electron chi connectivity index (χ0n) is 12.8. The molecule has 0 amide bonds. The van der Waals surface area contributed by atoms with Crippen molar-refractivity contribution in [3.05, 3.63) is 71.8 Å². The molecular weight excluding hydrogens is 280 g/mol. The van der Waals surface area contributed by atoms with E-state index in [2.05, 4.69) is 0 Å². The average molecular weight is 300 g/mol. The van der Waals surface area contributed by atoms with Gasteiger partial charge in [-0.05, 0) is 0 Å². The molecule has 0 unspecified atom stereocenters. The monoisotopic (exact) mass is 300 g/mol. The fraction of sp³-hybridized carbons (Fsp3) is 0.333. The molecule has 1 fully saturated rings. The average Bonchev–Trinajstić information content (AvgIpc) is 2.63. The van der Waals surface area contributed by atoms with E-state index in [1.807, 2.05) is 60.7 Å². The summed E-state index contributed by atoms with van der Waals surface area (Å²) in [6, 6.07) is 19.6. The van der Waals surface area contributed by atoms with Crippen molar-refractivity contribution in [1.29, 1.82) is 0 Å². The van der Waals surface area contributed by atoms with Crippen LogP contribution in [0.2, 0.25) is 0 Å². The minimum atomic E-state index is -0.905. The van der Waals surface area contributed by atoms with E-state index in [9.17, 15) is 0 Å². The van der Waals surface area contributed by atoms with Crippen LogP contribution in [0.3, 0.4) is 0 Å². The summed E-state index contributed by atoms with van der Waals surface area (Å²) in [6.07, 6.45) is 0. The summed E-state index contributed by atoms with van der Waals surface area (Å²) >= 11 is 0. The van der Waals surface area contributed by atoms with Crippen LogP contribution in [0.15, 0.2) is 60.7 Å². The van der Waals surface area contributed by atoms with Gasteiger partial charge in [0.2, 0.25) is 11.6 Å². The highest BCUT2D eigenvalue weighted by Gasteiger charge is 2.47. The summed E-state index contributed by atoms with van der Waals surface area (Å²) in [5.41, 5.74) is 1.85. The molecule has 1 heterocycles. The molecule has 2 aromatic rings. The summed E-state index contributed by atoms with van der Waals surface area (Å²) in [5.74, 6) is -1.81. The van der Waals surface area contributed by atoms with Gasteiger partial charge in [0.1, 0.15) is 13.2 Å². The Morgan fingerprint density at radius 3 is 1.32 bits per heavy atom. The molecule has 4 heteroatoms. The Balaban J connectivity index is 1.87. The number of methoxy groups -OCH3 is 2. The van der Waals surface area contributed by atoms with E-state index in [0.717, 1.165) is 11.1 Å². The Bertz CT molecular complexity index is 533. The van der Waals surface area contributed by atoms with Gasteiger partial charge in [0.05, 0.1) is 0 Å². The lowest BCUT2D eigenvalue weighted by molar-refractivity contribution is -0.389. The Hall–Kier alpha value is -1.72. The molecule has 1 saturated heterocycles. The molecule has 2 atom stereocenters. The molecule has 3 rings (SSSR count). The van der Waals surface area contributed by atoms with E-state index < -0.39 is 11.6 Å². The number of ether oxygens (including phenoxy) is 4. The molecule has 22 heavy (non-hydrogen) atoms. The molecule has 0 N–H and O–H groups in total. The van der Waals surface area contributed by atoms with Gasteiger partial charge in [0.15, 0.2) is 0 Å². The molecular formula is C18H20O4. The van der Waals surface area contributed by atoms with Gasteiger partial charge in [0.25, 0.3) is 0 Å². The molecule has 1 aliphatic rings. The Labute approximate surface area is 130 Å². The molecule has 0 saturated carbocycles. The van der Waals surface area contributed by atoms with Gasteiger partial charge in [0, 0.05) is 25.3 Å². The topological polar surface area (TPSA) is 36.9 Å². The van der Waals surface area contributed by atoms with E-state index >= 15 is 0 Å². The first kappa shape index (κ1) is 15.2. The highest BCUT2D eigenvalue weighted by molar-refractivity contribution is 5.24. The summed E-state index contributed by atoms with van der Waals surface area (Å²) in [5, 5.41) is 0. The summed E-state index contributed by atoms with van der Waals surface area (Å²) in [4.78, 5) is 0. The summed E-state index contributed by atoms with van der Waals surface area (Å²) in [7, 11) is 3.25. The third-order valence-corrected chi connectivity index (χ3v) is 4.08.